The number of hydrogen-bond donors (Lipinski definition) is 1. The van der Waals surface area contributed by atoms with E-state index in [1.54, 1.807) is 0 Å². The SMILES string of the molecule is [CH3][Sn]([CH3])[CH2]COC(=O)c1ccc(-c2cc(-c3ccc(CN)cc3)cc(-c3ccccc3)n2)cc1. The van der Waals surface area contributed by atoms with E-state index < -0.39 is 19.8 Å². The Labute approximate surface area is 208 Å². The number of ether oxygens (including phenoxy) is 1. The second kappa shape index (κ2) is 11.4. The Morgan fingerprint density at radius 3 is 1.97 bits per heavy atom. The molecular formula is C29H29N2O2Sn. The summed E-state index contributed by atoms with van der Waals surface area (Å²) in [6.07, 6.45) is 0. The number of esters is 1. The van der Waals surface area contributed by atoms with Crippen molar-refractivity contribution in [3.63, 3.8) is 0 Å². The summed E-state index contributed by atoms with van der Waals surface area (Å²) >= 11 is -1.24. The van der Waals surface area contributed by atoms with Crippen molar-refractivity contribution in [1.29, 1.82) is 0 Å². The molecule has 4 rings (SSSR count). The van der Waals surface area contributed by atoms with Gasteiger partial charge in [-0.05, 0) is 5.56 Å². The van der Waals surface area contributed by atoms with Gasteiger partial charge in [-0.2, -0.15) is 0 Å². The zero-order valence-electron chi connectivity index (χ0n) is 19.6. The van der Waals surface area contributed by atoms with Crippen LogP contribution in [0.2, 0.25) is 14.3 Å². The molecule has 34 heavy (non-hydrogen) atoms. The number of benzene rings is 3. The first kappa shape index (κ1) is 24.2. The number of hydrogen-bond acceptors (Lipinski definition) is 4. The predicted octanol–water partition coefficient (Wildman–Crippen LogP) is 6.45. The monoisotopic (exact) mass is 557 g/mol. The van der Waals surface area contributed by atoms with Gasteiger partial charge in [-0.1, -0.05) is 54.6 Å². The molecule has 0 fully saturated rings. The Balaban J connectivity index is 1.67. The van der Waals surface area contributed by atoms with Gasteiger partial charge in [0.15, 0.2) is 0 Å². The molecule has 0 saturated carbocycles. The number of aromatic nitrogens is 1. The Morgan fingerprint density at radius 2 is 1.38 bits per heavy atom. The molecule has 1 heterocycles. The van der Waals surface area contributed by atoms with E-state index in [1.165, 1.54) is 0 Å². The van der Waals surface area contributed by atoms with Gasteiger partial charge < -0.3 is 5.73 Å². The summed E-state index contributed by atoms with van der Waals surface area (Å²) in [7, 11) is 0. The molecule has 0 aliphatic carbocycles. The minimum atomic E-state index is -1.24. The van der Waals surface area contributed by atoms with Crippen molar-refractivity contribution in [2.45, 2.75) is 20.9 Å². The number of carbonyl (C=O) groups is 1. The van der Waals surface area contributed by atoms with E-state index in [4.69, 9.17) is 15.5 Å². The van der Waals surface area contributed by atoms with E-state index in [1.807, 2.05) is 42.5 Å². The van der Waals surface area contributed by atoms with Crippen molar-refractivity contribution in [3.8, 4) is 33.6 Å². The van der Waals surface area contributed by atoms with Crippen LogP contribution in [0.5, 0.6) is 0 Å². The molecule has 0 unspecified atom stereocenters. The molecule has 0 amide bonds. The van der Waals surface area contributed by atoms with Gasteiger partial charge in [0, 0.05) is 6.54 Å². The summed E-state index contributed by atoms with van der Waals surface area (Å²) in [6.45, 7) is 1.04. The molecule has 0 bridgehead atoms. The Kier molecular flexibility index (Phi) is 8.14. The molecule has 0 aliphatic heterocycles. The van der Waals surface area contributed by atoms with Crippen molar-refractivity contribution < 1.29 is 9.53 Å². The van der Waals surface area contributed by atoms with Gasteiger partial charge in [0.05, 0.1) is 0 Å². The molecule has 4 nitrogen and oxygen atoms in total. The van der Waals surface area contributed by atoms with Crippen molar-refractivity contribution in [1.82, 2.24) is 4.98 Å². The molecular weight excluding hydrogens is 527 g/mol. The Hall–Kier alpha value is -2.96. The second-order valence-corrected chi connectivity index (χ2v) is 16.9. The number of nitrogens with zero attached hydrogens (tertiary/aromatic N) is 1. The van der Waals surface area contributed by atoms with Crippen LogP contribution in [0.15, 0.2) is 91.0 Å². The Bertz CT molecular complexity index is 1240. The van der Waals surface area contributed by atoms with Crippen LogP contribution >= 0.6 is 0 Å². The van der Waals surface area contributed by atoms with Crippen LogP contribution in [-0.2, 0) is 11.3 Å². The van der Waals surface area contributed by atoms with Crippen LogP contribution in [0.4, 0.5) is 0 Å². The first-order chi connectivity index (χ1) is 16.5. The molecule has 5 heteroatoms. The molecule has 0 atom stereocenters. The van der Waals surface area contributed by atoms with Crippen molar-refractivity contribution in [2.75, 3.05) is 6.61 Å². The standard InChI is InChI=1S/C27H23N2O2.2CH3.Sn/c1-2-31-27(30)23-14-12-22(13-15-23)26-17-24(20-10-8-19(18-28)9-11-20)16-25(29-26)21-6-4-3-5-7-21;;;/h3-17H,1-2,18,28H2;2*1H3;. The average Bonchev–Trinajstić information content (AvgIpc) is 2.89. The average molecular weight is 556 g/mol. The van der Waals surface area contributed by atoms with Gasteiger partial charge in [0.1, 0.15) is 0 Å². The molecule has 0 saturated heterocycles. The van der Waals surface area contributed by atoms with Crippen LogP contribution in [0.3, 0.4) is 0 Å². The van der Waals surface area contributed by atoms with Crippen LogP contribution in [0.1, 0.15) is 15.9 Å². The van der Waals surface area contributed by atoms with Gasteiger partial charge in [-0.15, -0.1) is 0 Å². The fourth-order valence-corrected chi connectivity index (χ4v) is 5.10. The van der Waals surface area contributed by atoms with Crippen molar-refractivity contribution in [3.05, 3.63) is 102 Å². The summed E-state index contributed by atoms with van der Waals surface area (Å²) < 4.78 is 6.50. The fraction of sp³-hybridized carbons (Fsp3) is 0.172. The predicted molar refractivity (Wildman–Crippen MR) is 141 cm³/mol. The summed E-state index contributed by atoms with van der Waals surface area (Å²) in [5.41, 5.74) is 13.4. The maximum atomic E-state index is 12.4. The molecule has 1 radical (unpaired) electrons. The zero-order valence-corrected chi connectivity index (χ0v) is 22.5. The quantitative estimate of drug-likeness (QED) is 0.200. The summed E-state index contributed by atoms with van der Waals surface area (Å²) in [4.78, 5) is 21.9. The number of carbonyl (C=O) groups excluding carboxylic acids is 1. The van der Waals surface area contributed by atoms with Gasteiger partial charge >= 0.3 is 137 Å². The second-order valence-electron chi connectivity index (χ2n) is 8.56. The summed E-state index contributed by atoms with van der Waals surface area (Å²) in [5, 5.41) is 0. The fourth-order valence-electron chi connectivity index (χ4n) is 3.64. The topological polar surface area (TPSA) is 65.2 Å². The van der Waals surface area contributed by atoms with E-state index in [0.29, 0.717) is 18.7 Å². The van der Waals surface area contributed by atoms with Gasteiger partial charge in [0.2, 0.25) is 0 Å². The normalized spacial score (nSPS) is 10.9. The molecule has 171 valence electrons. The van der Waals surface area contributed by atoms with Crippen molar-refractivity contribution >= 4 is 25.7 Å². The number of pyridine rings is 1. The van der Waals surface area contributed by atoms with Crippen molar-refractivity contribution in [2.24, 2.45) is 5.73 Å². The van der Waals surface area contributed by atoms with Crippen LogP contribution in [-0.4, -0.2) is 37.3 Å². The third-order valence-corrected chi connectivity index (χ3v) is 9.11. The van der Waals surface area contributed by atoms with Crippen LogP contribution in [0.25, 0.3) is 33.6 Å². The van der Waals surface area contributed by atoms with E-state index in [-0.39, 0.29) is 5.97 Å². The summed E-state index contributed by atoms with van der Waals surface area (Å²) in [6, 6.07) is 30.2. The van der Waals surface area contributed by atoms with E-state index >= 15 is 0 Å². The van der Waals surface area contributed by atoms with Crippen LogP contribution < -0.4 is 5.73 Å². The molecule has 0 spiro atoms. The first-order valence-electron chi connectivity index (χ1n) is 11.5. The van der Waals surface area contributed by atoms with Gasteiger partial charge in [0.25, 0.3) is 0 Å². The van der Waals surface area contributed by atoms with E-state index in [9.17, 15) is 4.79 Å². The molecule has 4 aromatic rings. The maximum absolute atomic E-state index is 12.4. The van der Waals surface area contributed by atoms with Crippen LogP contribution in [0, 0.1) is 0 Å². The number of nitrogens with two attached hydrogens (primary N) is 1. The summed E-state index contributed by atoms with van der Waals surface area (Å²) in [5.74, 6) is -0.261. The third-order valence-electron chi connectivity index (χ3n) is 5.67. The molecule has 3 aromatic carbocycles. The minimum absolute atomic E-state index is 0.261. The third kappa shape index (κ3) is 6.13. The molecule has 1 aromatic heterocycles. The van der Waals surface area contributed by atoms with E-state index in [0.717, 1.165) is 43.6 Å². The van der Waals surface area contributed by atoms with Gasteiger partial charge in [-0.3, -0.25) is 0 Å². The van der Waals surface area contributed by atoms with Gasteiger partial charge in [-0.25, -0.2) is 0 Å². The molecule has 2 N–H and O–H groups in total. The number of rotatable bonds is 8. The Morgan fingerprint density at radius 1 is 0.794 bits per heavy atom. The molecule has 0 aliphatic rings. The first-order valence-corrected chi connectivity index (χ1v) is 19.2. The zero-order chi connectivity index (χ0) is 23.9. The van der Waals surface area contributed by atoms with E-state index in [2.05, 4.69) is 58.4 Å².